The van der Waals surface area contributed by atoms with Crippen molar-refractivity contribution < 1.29 is 9.53 Å². The molecule has 0 aliphatic carbocycles. The zero-order valence-electron chi connectivity index (χ0n) is 11.5. The second kappa shape index (κ2) is 6.97. The van der Waals surface area contributed by atoms with E-state index in [4.69, 9.17) is 4.74 Å². The van der Waals surface area contributed by atoms with Crippen LogP contribution in [0.15, 0.2) is 0 Å². The van der Waals surface area contributed by atoms with Gasteiger partial charge in [0.2, 0.25) is 5.91 Å². The van der Waals surface area contributed by atoms with Gasteiger partial charge in [0.25, 0.3) is 0 Å². The fourth-order valence-corrected chi connectivity index (χ4v) is 2.17. The number of ether oxygens (including phenoxy) is 1. The number of piperidine rings is 1. The summed E-state index contributed by atoms with van der Waals surface area (Å²) in [5.74, 6) is 1.14. The van der Waals surface area contributed by atoms with Crippen LogP contribution in [0.4, 0.5) is 0 Å². The van der Waals surface area contributed by atoms with Crippen molar-refractivity contribution in [3.05, 3.63) is 0 Å². The molecule has 1 aliphatic heterocycles. The van der Waals surface area contributed by atoms with E-state index < -0.39 is 0 Å². The van der Waals surface area contributed by atoms with Crippen LogP contribution in [0.25, 0.3) is 0 Å². The molecular weight excluding hydrogens is 216 g/mol. The van der Waals surface area contributed by atoms with E-state index in [-0.39, 0.29) is 18.0 Å². The predicted molar refractivity (Wildman–Crippen MR) is 68.8 cm³/mol. The maximum absolute atomic E-state index is 12.1. The van der Waals surface area contributed by atoms with Gasteiger partial charge in [0.1, 0.15) is 0 Å². The number of carbonyl (C=O) groups is 1. The average Bonchev–Trinajstić information content (AvgIpc) is 2.28. The second-order valence-electron chi connectivity index (χ2n) is 5.45. The van der Waals surface area contributed by atoms with Crippen molar-refractivity contribution in [3.63, 3.8) is 0 Å². The molecule has 4 heteroatoms. The Kier molecular flexibility index (Phi) is 5.92. The monoisotopic (exact) mass is 242 g/mol. The second-order valence-corrected chi connectivity index (χ2v) is 5.45. The van der Waals surface area contributed by atoms with Crippen LogP contribution in [0.1, 0.15) is 33.6 Å². The summed E-state index contributed by atoms with van der Waals surface area (Å²) in [6.07, 6.45) is 2.10. The minimum atomic E-state index is -0.0307. The van der Waals surface area contributed by atoms with Crippen LogP contribution in [0, 0.1) is 11.8 Å². The summed E-state index contributed by atoms with van der Waals surface area (Å²) in [6, 6.07) is 0.0726. The number of hydrogen-bond acceptors (Lipinski definition) is 3. The molecule has 0 radical (unpaired) electrons. The smallest absolute Gasteiger partial charge is 0.237 e. The van der Waals surface area contributed by atoms with Gasteiger partial charge in [-0.05, 0) is 31.2 Å². The third kappa shape index (κ3) is 4.64. The molecule has 0 spiro atoms. The maximum Gasteiger partial charge on any atom is 0.237 e. The van der Waals surface area contributed by atoms with Gasteiger partial charge in [0, 0.05) is 7.11 Å². The van der Waals surface area contributed by atoms with Crippen molar-refractivity contribution in [2.45, 2.75) is 45.7 Å². The van der Waals surface area contributed by atoms with Gasteiger partial charge in [-0.25, -0.2) is 0 Å². The summed E-state index contributed by atoms with van der Waals surface area (Å²) in [6.45, 7) is 7.92. The minimum Gasteiger partial charge on any atom is -0.383 e. The molecule has 0 aromatic rings. The van der Waals surface area contributed by atoms with E-state index in [1.165, 1.54) is 0 Å². The van der Waals surface area contributed by atoms with Gasteiger partial charge in [-0.2, -0.15) is 0 Å². The van der Waals surface area contributed by atoms with Crippen molar-refractivity contribution in [1.82, 2.24) is 10.6 Å². The zero-order chi connectivity index (χ0) is 12.8. The topological polar surface area (TPSA) is 50.4 Å². The lowest BCUT2D eigenvalue weighted by Crippen LogP contribution is -2.53. The largest absolute Gasteiger partial charge is 0.383 e. The lowest BCUT2D eigenvalue weighted by atomic mass is 9.93. The van der Waals surface area contributed by atoms with E-state index in [1.807, 2.05) is 0 Å². The zero-order valence-corrected chi connectivity index (χ0v) is 11.5. The van der Waals surface area contributed by atoms with E-state index in [1.54, 1.807) is 7.11 Å². The van der Waals surface area contributed by atoms with Gasteiger partial charge in [0.15, 0.2) is 0 Å². The number of nitrogens with one attached hydrogen (secondary N) is 2. The molecule has 1 heterocycles. The Morgan fingerprint density at radius 3 is 2.76 bits per heavy atom. The summed E-state index contributed by atoms with van der Waals surface area (Å²) in [5, 5.41) is 6.36. The highest BCUT2D eigenvalue weighted by Crippen LogP contribution is 2.15. The Balaban J connectivity index is 2.45. The third-order valence-electron chi connectivity index (χ3n) is 3.46. The first-order valence-electron chi connectivity index (χ1n) is 6.57. The van der Waals surface area contributed by atoms with E-state index in [9.17, 15) is 4.79 Å². The normalized spacial score (nSPS) is 26.9. The van der Waals surface area contributed by atoms with Crippen LogP contribution in [0.2, 0.25) is 0 Å². The highest BCUT2D eigenvalue weighted by atomic mass is 16.5. The van der Waals surface area contributed by atoms with Gasteiger partial charge < -0.3 is 15.4 Å². The summed E-state index contributed by atoms with van der Waals surface area (Å²) in [7, 11) is 1.67. The molecule has 1 saturated heterocycles. The summed E-state index contributed by atoms with van der Waals surface area (Å²) in [5.41, 5.74) is 0. The van der Waals surface area contributed by atoms with Crippen molar-refractivity contribution in [2.75, 3.05) is 20.3 Å². The molecule has 0 bridgehead atoms. The number of methoxy groups -OCH3 is 1. The third-order valence-corrected chi connectivity index (χ3v) is 3.46. The highest BCUT2D eigenvalue weighted by Gasteiger charge is 2.26. The van der Waals surface area contributed by atoms with Crippen LogP contribution < -0.4 is 10.6 Å². The molecule has 1 rings (SSSR count). The lowest BCUT2D eigenvalue weighted by Gasteiger charge is -2.30. The van der Waals surface area contributed by atoms with Gasteiger partial charge in [-0.15, -0.1) is 0 Å². The number of amides is 1. The molecule has 1 fully saturated rings. The standard InChI is InChI=1S/C13H26N2O2/c1-9(2)12(8-17-4)15-13(16)11-7-10(3)5-6-14-11/h9-12,14H,5-8H2,1-4H3,(H,15,16). The fraction of sp³-hybridized carbons (Fsp3) is 0.923. The van der Waals surface area contributed by atoms with Gasteiger partial charge in [-0.1, -0.05) is 20.8 Å². The first kappa shape index (κ1) is 14.5. The first-order valence-corrected chi connectivity index (χ1v) is 6.57. The first-order chi connectivity index (χ1) is 8.04. The Bertz CT molecular complexity index is 244. The van der Waals surface area contributed by atoms with E-state index >= 15 is 0 Å². The van der Waals surface area contributed by atoms with Crippen LogP contribution in [-0.4, -0.2) is 38.3 Å². The Labute approximate surface area is 104 Å². The Morgan fingerprint density at radius 1 is 1.53 bits per heavy atom. The van der Waals surface area contributed by atoms with Gasteiger partial charge in [-0.3, -0.25) is 4.79 Å². The van der Waals surface area contributed by atoms with Crippen LogP contribution in [0.5, 0.6) is 0 Å². The molecule has 1 aliphatic rings. The lowest BCUT2D eigenvalue weighted by molar-refractivity contribution is -0.125. The molecule has 100 valence electrons. The van der Waals surface area contributed by atoms with Crippen molar-refractivity contribution in [3.8, 4) is 0 Å². The van der Waals surface area contributed by atoms with Crippen molar-refractivity contribution in [1.29, 1.82) is 0 Å². The van der Waals surface area contributed by atoms with Crippen LogP contribution >= 0.6 is 0 Å². The molecule has 17 heavy (non-hydrogen) atoms. The van der Waals surface area contributed by atoms with Crippen molar-refractivity contribution >= 4 is 5.91 Å². The van der Waals surface area contributed by atoms with E-state index in [0.717, 1.165) is 19.4 Å². The summed E-state index contributed by atoms with van der Waals surface area (Å²) >= 11 is 0. The van der Waals surface area contributed by atoms with Gasteiger partial charge >= 0.3 is 0 Å². The molecule has 3 unspecified atom stereocenters. The molecular formula is C13H26N2O2. The highest BCUT2D eigenvalue weighted by molar-refractivity contribution is 5.82. The summed E-state index contributed by atoms with van der Waals surface area (Å²) < 4.78 is 5.14. The number of carbonyl (C=O) groups excluding carboxylic acids is 1. The molecule has 0 aromatic heterocycles. The molecule has 3 atom stereocenters. The molecule has 4 nitrogen and oxygen atoms in total. The number of hydrogen-bond donors (Lipinski definition) is 2. The Morgan fingerprint density at radius 2 is 2.24 bits per heavy atom. The molecule has 0 aromatic carbocycles. The number of rotatable bonds is 5. The van der Waals surface area contributed by atoms with Gasteiger partial charge in [0.05, 0.1) is 18.7 Å². The quantitative estimate of drug-likeness (QED) is 0.760. The van der Waals surface area contributed by atoms with Crippen LogP contribution in [0.3, 0.4) is 0 Å². The fourth-order valence-electron chi connectivity index (χ4n) is 2.17. The molecule has 1 amide bonds. The van der Waals surface area contributed by atoms with E-state index in [0.29, 0.717) is 18.4 Å². The summed E-state index contributed by atoms with van der Waals surface area (Å²) in [4.78, 5) is 12.1. The van der Waals surface area contributed by atoms with Crippen molar-refractivity contribution in [2.24, 2.45) is 11.8 Å². The van der Waals surface area contributed by atoms with E-state index in [2.05, 4.69) is 31.4 Å². The Hall–Kier alpha value is -0.610. The SMILES string of the molecule is COCC(NC(=O)C1CC(C)CCN1)C(C)C. The molecule has 2 N–H and O–H groups in total. The minimum absolute atomic E-state index is 0.0307. The predicted octanol–water partition coefficient (Wildman–Crippen LogP) is 1.16. The average molecular weight is 242 g/mol. The maximum atomic E-state index is 12.1. The van der Waals surface area contributed by atoms with Crippen LogP contribution in [-0.2, 0) is 9.53 Å². The molecule has 0 saturated carbocycles.